The molecule has 4 rings (SSSR count). The van der Waals surface area contributed by atoms with Gasteiger partial charge >= 0.3 is 0 Å². The van der Waals surface area contributed by atoms with Gasteiger partial charge in [0, 0.05) is 24.4 Å². The first-order valence-electron chi connectivity index (χ1n) is 10.8. The third-order valence-electron chi connectivity index (χ3n) is 5.88. The van der Waals surface area contributed by atoms with Crippen molar-refractivity contribution in [3.63, 3.8) is 0 Å². The Morgan fingerprint density at radius 3 is 2.68 bits per heavy atom. The van der Waals surface area contributed by atoms with E-state index in [1.807, 2.05) is 6.07 Å². The summed E-state index contributed by atoms with van der Waals surface area (Å²) in [4.78, 5) is 44.8. The number of hydrogen-bond acceptors (Lipinski definition) is 6. The summed E-state index contributed by atoms with van der Waals surface area (Å²) in [5.41, 5.74) is 0.507. The van der Waals surface area contributed by atoms with E-state index in [4.69, 9.17) is 4.42 Å². The van der Waals surface area contributed by atoms with E-state index in [1.165, 1.54) is 23.1 Å². The molecule has 0 bridgehead atoms. The van der Waals surface area contributed by atoms with Crippen molar-refractivity contribution < 1.29 is 18.8 Å². The van der Waals surface area contributed by atoms with Crippen molar-refractivity contribution in [2.24, 2.45) is 5.92 Å². The zero-order chi connectivity index (χ0) is 21.6. The fourth-order valence-corrected chi connectivity index (χ4v) is 5.24. The Bertz CT molecular complexity index is 897. The molecule has 7 nitrogen and oxygen atoms in total. The topological polar surface area (TPSA) is 92.5 Å². The first-order valence-corrected chi connectivity index (χ1v) is 11.8. The Hall–Kier alpha value is -2.61. The van der Waals surface area contributed by atoms with E-state index in [-0.39, 0.29) is 35.9 Å². The molecule has 2 aromatic heterocycles. The molecule has 1 saturated carbocycles. The highest BCUT2D eigenvalue weighted by Gasteiger charge is 2.39. The third kappa shape index (κ3) is 5.36. The molecule has 1 N–H and O–H groups in total. The molecule has 2 fully saturated rings. The Morgan fingerprint density at radius 1 is 1.19 bits per heavy atom. The highest BCUT2D eigenvalue weighted by molar-refractivity contribution is 8.14. The lowest BCUT2D eigenvalue weighted by atomic mass is 9.95. The van der Waals surface area contributed by atoms with Crippen LogP contribution < -0.4 is 5.32 Å². The van der Waals surface area contributed by atoms with Crippen LogP contribution >= 0.6 is 11.8 Å². The summed E-state index contributed by atoms with van der Waals surface area (Å²) in [6.45, 7) is 0.139. The first-order chi connectivity index (χ1) is 15.1. The minimum Gasteiger partial charge on any atom is -0.467 e. The van der Waals surface area contributed by atoms with Crippen LogP contribution in [0.4, 0.5) is 0 Å². The summed E-state index contributed by atoms with van der Waals surface area (Å²) in [5.74, 6) is 0.121. The summed E-state index contributed by atoms with van der Waals surface area (Å²) >= 11 is 1.18. The van der Waals surface area contributed by atoms with Crippen LogP contribution in [0.3, 0.4) is 0 Å². The maximum Gasteiger partial charge on any atom is 0.249 e. The Balaban J connectivity index is 1.65. The molecule has 0 radical (unpaired) electrons. The molecule has 0 spiro atoms. The lowest BCUT2D eigenvalue weighted by Crippen LogP contribution is -2.48. The Kier molecular flexibility index (Phi) is 7.06. The van der Waals surface area contributed by atoms with Crippen molar-refractivity contribution in [3.8, 4) is 0 Å². The molecule has 2 amide bonds. The van der Waals surface area contributed by atoms with Gasteiger partial charge in [-0.25, -0.2) is 0 Å². The number of rotatable bonds is 7. The van der Waals surface area contributed by atoms with Gasteiger partial charge in [-0.2, -0.15) is 0 Å². The first kappa shape index (κ1) is 21.6. The van der Waals surface area contributed by atoms with Crippen LogP contribution in [0.1, 0.15) is 56.0 Å². The summed E-state index contributed by atoms with van der Waals surface area (Å²) in [6.07, 6.45) is 8.63. The predicted molar refractivity (Wildman–Crippen MR) is 117 cm³/mol. The standard InChI is InChI=1S/C23H27N3O4S/c27-20-13-16(15-31-20)23(29)26(14-18-9-6-12-30-18)21(19-10-4-5-11-24-19)22(28)25-17-7-2-1-3-8-17/h4-6,9-12,16-17,21H,1-3,7-8,13-15H2,(H,25,28). The Labute approximate surface area is 186 Å². The van der Waals surface area contributed by atoms with Gasteiger partial charge in [0.15, 0.2) is 11.2 Å². The highest BCUT2D eigenvalue weighted by atomic mass is 32.2. The van der Waals surface area contributed by atoms with Crippen molar-refractivity contribution in [2.75, 3.05) is 5.75 Å². The number of carbonyl (C=O) groups is 3. The molecule has 2 atom stereocenters. The second-order valence-corrected chi connectivity index (χ2v) is 9.21. The molecule has 1 aliphatic heterocycles. The summed E-state index contributed by atoms with van der Waals surface area (Å²) in [7, 11) is 0. The zero-order valence-electron chi connectivity index (χ0n) is 17.4. The molecule has 164 valence electrons. The molecular weight excluding hydrogens is 414 g/mol. The number of nitrogens with zero attached hydrogens (tertiary/aromatic N) is 2. The monoisotopic (exact) mass is 441 g/mol. The van der Waals surface area contributed by atoms with Crippen molar-refractivity contribution in [1.29, 1.82) is 0 Å². The van der Waals surface area contributed by atoms with Gasteiger partial charge in [0.1, 0.15) is 5.76 Å². The van der Waals surface area contributed by atoms with Gasteiger partial charge in [-0.05, 0) is 37.1 Å². The van der Waals surface area contributed by atoms with Crippen LogP contribution in [-0.2, 0) is 20.9 Å². The predicted octanol–water partition coefficient (Wildman–Crippen LogP) is 3.47. The molecule has 0 aromatic carbocycles. The van der Waals surface area contributed by atoms with Gasteiger partial charge in [0.25, 0.3) is 0 Å². The lowest BCUT2D eigenvalue weighted by Gasteiger charge is -2.33. The van der Waals surface area contributed by atoms with Crippen LogP contribution in [0, 0.1) is 5.92 Å². The largest absolute Gasteiger partial charge is 0.467 e. The van der Waals surface area contributed by atoms with E-state index in [1.54, 1.807) is 36.7 Å². The minimum atomic E-state index is -0.888. The Morgan fingerprint density at radius 2 is 2.03 bits per heavy atom. The van der Waals surface area contributed by atoms with E-state index >= 15 is 0 Å². The fourth-order valence-electron chi connectivity index (χ4n) is 4.27. The maximum atomic E-state index is 13.5. The average Bonchev–Trinajstić information content (AvgIpc) is 3.46. The molecule has 31 heavy (non-hydrogen) atoms. The third-order valence-corrected chi connectivity index (χ3v) is 6.93. The second-order valence-electron chi connectivity index (χ2n) is 8.13. The van der Waals surface area contributed by atoms with Gasteiger partial charge < -0.3 is 14.6 Å². The van der Waals surface area contributed by atoms with Crippen molar-refractivity contribution in [3.05, 3.63) is 54.2 Å². The summed E-state index contributed by atoms with van der Waals surface area (Å²) in [6, 6.07) is 8.12. The summed E-state index contributed by atoms with van der Waals surface area (Å²) < 4.78 is 5.50. The van der Waals surface area contributed by atoms with Gasteiger partial charge in [-0.15, -0.1) is 0 Å². The molecule has 8 heteroatoms. The van der Waals surface area contributed by atoms with E-state index in [9.17, 15) is 14.4 Å². The van der Waals surface area contributed by atoms with E-state index in [2.05, 4.69) is 10.3 Å². The van der Waals surface area contributed by atoms with Crippen molar-refractivity contribution in [1.82, 2.24) is 15.2 Å². The van der Waals surface area contributed by atoms with Gasteiger partial charge in [0.05, 0.1) is 24.4 Å². The zero-order valence-corrected chi connectivity index (χ0v) is 18.2. The van der Waals surface area contributed by atoms with Crippen LogP contribution in [0.25, 0.3) is 0 Å². The normalized spacial score (nSPS) is 20.4. The highest BCUT2D eigenvalue weighted by Crippen LogP contribution is 2.32. The SMILES string of the molecule is O=C1CC(C(=O)N(Cc2ccco2)C(C(=O)NC2CCCCC2)c2ccccn2)CS1. The average molecular weight is 442 g/mol. The number of furan rings is 1. The van der Waals surface area contributed by atoms with Crippen molar-refractivity contribution >= 4 is 28.7 Å². The van der Waals surface area contributed by atoms with Crippen LogP contribution in [0.5, 0.6) is 0 Å². The molecule has 2 aromatic rings. The van der Waals surface area contributed by atoms with E-state index in [0.29, 0.717) is 17.2 Å². The number of carbonyl (C=O) groups excluding carboxylic acids is 3. The van der Waals surface area contributed by atoms with Gasteiger partial charge in [-0.1, -0.05) is 37.1 Å². The maximum absolute atomic E-state index is 13.5. The van der Waals surface area contributed by atoms with E-state index in [0.717, 1.165) is 25.7 Å². The summed E-state index contributed by atoms with van der Waals surface area (Å²) in [5, 5.41) is 3.17. The van der Waals surface area contributed by atoms with E-state index < -0.39 is 12.0 Å². The second kappa shape index (κ2) is 10.1. The minimum absolute atomic E-state index is 0.0114. The number of amides is 2. The number of nitrogens with one attached hydrogen (secondary N) is 1. The molecule has 2 unspecified atom stereocenters. The lowest BCUT2D eigenvalue weighted by molar-refractivity contribution is -0.145. The van der Waals surface area contributed by atoms with Crippen LogP contribution in [0.15, 0.2) is 47.2 Å². The van der Waals surface area contributed by atoms with Gasteiger partial charge in [-0.3, -0.25) is 19.4 Å². The number of thioether (sulfide) groups is 1. The molecule has 1 aliphatic carbocycles. The molecule has 3 heterocycles. The van der Waals surface area contributed by atoms with Crippen molar-refractivity contribution in [2.45, 2.75) is 57.2 Å². The number of pyridine rings is 1. The molecular formula is C23H27N3O4S. The smallest absolute Gasteiger partial charge is 0.249 e. The van der Waals surface area contributed by atoms with Crippen LogP contribution in [0.2, 0.25) is 0 Å². The molecule has 1 saturated heterocycles. The van der Waals surface area contributed by atoms with Crippen LogP contribution in [-0.4, -0.2) is 38.6 Å². The molecule has 2 aliphatic rings. The number of hydrogen-bond donors (Lipinski definition) is 1. The van der Waals surface area contributed by atoms with Gasteiger partial charge in [0.2, 0.25) is 11.8 Å². The number of aromatic nitrogens is 1. The quantitative estimate of drug-likeness (QED) is 0.707. The fraction of sp³-hybridized carbons (Fsp3) is 0.478.